The molecule has 0 fully saturated rings. The first-order valence-electron chi connectivity index (χ1n) is 10.4. The number of hydrogen-bond acceptors (Lipinski definition) is 4. The van der Waals surface area contributed by atoms with E-state index in [-0.39, 0.29) is 29.7 Å². The van der Waals surface area contributed by atoms with Crippen LogP contribution in [-0.2, 0) is 14.3 Å². The molecule has 0 saturated heterocycles. The highest BCUT2D eigenvalue weighted by Crippen LogP contribution is 2.27. The Morgan fingerprint density at radius 3 is 2.74 bits per heavy atom. The van der Waals surface area contributed by atoms with E-state index >= 15 is 0 Å². The minimum Gasteiger partial charge on any atom is -0.463 e. The molecule has 4 heteroatoms. The van der Waals surface area contributed by atoms with E-state index in [0.29, 0.717) is 12.8 Å². The Morgan fingerprint density at radius 2 is 2.04 bits per heavy atom. The lowest BCUT2D eigenvalue weighted by Gasteiger charge is -2.13. The van der Waals surface area contributed by atoms with Crippen LogP contribution in [0.4, 0.5) is 0 Å². The van der Waals surface area contributed by atoms with Crippen LogP contribution in [-0.4, -0.2) is 29.1 Å². The third-order valence-corrected chi connectivity index (χ3v) is 4.65. The van der Waals surface area contributed by atoms with Gasteiger partial charge in [-0.1, -0.05) is 56.6 Å². The number of esters is 1. The fourth-order valence-electron chi connectivity index (χ4n) is 3.13. The second kappa shape index (κ2) is 13.5. The zero-order chi connectivity index (χ0) is 20.1. The monoisotopic (exact) mass is 376 g/mol. The van der Waals surface area contributed by atoms with Gasteiger partial charge in [-0.2, -0.15) is 0 Å². The number of unbranched alkanes of at least 4 members (excludes halogenated alkanes) is 3. The van der Waals surface area contributed by atoms with E-state index in [1.54, 1.807) is 6.08 Å². The Morgan fingerprint density at radius 1 is 1.26 bits per heavy atom. The summed E-state index contributed by atoms with van der Waals surface area (Å²) in [4.78, 5) is 23.5. The zero-order valence-corrected chi connectivity index (χ0v) is 17.1. The summed E-state index contributed by atoms with van der Waals surface area (Å²) >= 11 is 0. The number of aliphatic hydroxyl groups is 1. The van der Waals surface area contributed by atoms with Crippen LogP contribution < -0.4 is 0 Å². The molecule has 1 aliphatic rings. The van der Waals surface area contributed by atoms with Crippen molar-refractivity contribution >= 4 is 11.8 Å². The third kappa shape index (κ3) is 10.3. The Labute approximate surface area is 164 Å². The lowest BCUT2D eigenvalue weighted by atomic mass is 9.90. The molecule has 0 amide bonds. The number of rotatable bonds is 13. The normalized spacial score (nSPS) is 21.0. The highest BCUT2D eigenvalue weighted by molar-refractivity contribution is 5.95. The first kappa shape index (κ1) is 23.4. The van der Waals surface area contributed by atoms with Gasteiger partial charge in [-0.15, -0.1) is 0 Å². The molecule has 152 valence electrons. The molecule has 0 heterocycles. The summed E-state index contributed by atoms with van der Waals surface area (Å²) < 4.78 is 5.10. The van der Waals surface area contributed by atoms with Gasteiger partial charge in [-0.25, -0.2) is 0 Å². The molecule has 0 unspecified atom stereocenters. The van der Waals surface area contributed by atoms with Crippen molar-refractivity contribution in [2.24, 2.45) is 11.8 Å². The van der Waals surface area contributed by atoms with E-state index in [1.165, 1.54) is 0 Å². The predicted octanol–water partition coefficient (Wildman–Crippen LogP) is 4.92. The molecule has 4 nitrogen and oxygen atoms in total. The van der Waals surface area contributed by atoms with Gasteiger partial charge >= 0.3 is 5.97 Å². The van der Waals surface area contributed by atoms with Crippen molar-refractivity contribution in [1.82, 2.24) is 0 Å². The average Bonchev–Trinajstić information content (AvgIpc) is 2.95. The van der Waals surface area contributed by atoms with Crippen molar-refractivity contribution in [1.29, 1.82) is 0 Å². The number of aliphatic hydroxyl groups excluding tert-OH is 1. The summed E-state index contributed by atoms with van der Waals surface area (Å²) in [6.45, 7) is 5.84. The molecular weight excluding hydrogens is 340 g/mol. The van der Waals surface area contributed by atoms with Crippen LogP contribution in [0.25, 0.3) is 0 Å². The van der Waals surface area contributed by atoms with E-state index in [9.17, 15) is 14.7 Å². The van der Waals surface area contributed by atoms with Crippen LogP contribution in [0.2, 0.25) is 0 Å². The molecule has 0 aromatic rings. The number of carbonyl (C=O) groups is 2. The van der Waals surface area contributed by atoms with E-state index in [0.717, 1.165) is 38.5 Å². The van der Waals surface area contributed by atoms with Crippen LogP contribution in [0.15, 0.2) is 36.5 Å². The molecule has 1 aliphatic carbocycles. The van der Waals surface area contributed by atoms with E-state index < -0.39 is 6.10 Å². The number of ether oxygens (including phenoxy) is 1. The zero-order valence-electron chi connectivity index (χ0n) is 17.1. The molecule has 0 aromatic heterocycles. The quantitative estimate of drug-likeness (QED) is 0.281. The Kier molecular flexibility index (Phi) is 11.7. The highest BCUT2D eigenvalue weighted by Gasteiger charge is 2.27. The molecule has 0 saturated carbocycles. The maximum atomic E-state index is 12.1. The van der Waals surface area contributed by atoms with E-state index in [2.05, 4.69) is 6.92 Å². The first-order valence-corrected chi connectivity index (χ1v) is 10.4. The van der Waals surface area contributed by atoms with Crippen LogP contribution in [0.5, 0.6) is 0 Å². The Bertz CT molecular complexity index is 530. The molecular formula is C23H36O4. The summed E-state index contributed by atoms with van der Waals surface area (Å²) in [5, 5.41) is 10.0. The second-order valence-corrected chi connectivity index (χ2v) is 7.53. The van der Waals surface area contributed by atoms with E-state index in [4.69, 9.17) is 4.74 Å². The van der Waals surface area contributed by atoms with Crippen molar-refractivity contribution in [2.75, 3.05) is 0 Å². The van der Waals surface area contributed by atoms with Gasteiger partial charge in [0.2, 0.25) is 0 Å². The summed E-state index contributed by atoms with van der Waals surface area (Å²) in [5.74, 6) is -0.0261. The number of carbonyl (C=O) groups excluding carboxylic acids is 2. The topological polar surface area (TPSA) is 63.6 Å². The molecule has 0 aromatic carbocycles. The third-order valence-electron chi connectivity index (χ3n) is 4.65. The molecule has 1 N–H and O–H groups in total. The molecule has 27 heavy (non-hydrogen) atoms. The lowest BCUT2D eigenvalue weighted by molar-refractivity contribution is -0.147. The predicted molar refractivity (Wildman–Crippen MR) is 109 cm³/mol. The molecule has 0 spiro atoms. The van der Waals surface area contributed by atoms with Gasteiger partial charge in [-0.3, -0.25) is 9.59 Å². The summed E-state index contributed by atoms with van der Waals surface area (Å²) in [6.07, 6.45) is 17.7. The highest BCUT2D eigenvalue weighted by atomic mass is 16.5. The van der Waals surface area contributed by atoms with Gasteiger partial charge in [0, 0.05) is 18.3 Å². The molecule has 0 radical (unpaired) electrons. The van der Waals surface area contributed by atoms with Gasteiger partial charge in [0.25, 0.3) is 0 Å². The van der Waals surface area contributed by atoms with Gasteiger partial charge in [0.1, 0.15) is 0 Å². The van der Waals surface area contributed by atoms with Crippen molar-refractivity contribution < 1.29 is 19.4 Å². The maximum Gasteiger partial charge on any atom is 0.306 e. The molecule has 3 atom stereocenters. The molecule has 1 rings (SSSR count). The second-order valence-electron chi connectivity index (χ2n) is 7.53. The summed E-state index contributed by atoms with van der Waals surface area (Å²) in [7, 11) is 0. The minimum absolute atomic E-state index is 0.0593. The largest absolute Gasteiger partial charge is 0.463 e. The Hall–Kier alpha value is -1.68. The SMILES string of the molecule is CCCCC[C@H](O)/C=C/[C@H]1C=CC(=O)[C@@H]1C/C=C\CCCC(=O)OC(C)C. The van der Waals surface area contributed by atoms with Gasteiger partial charge in [0.05, 0.1) is 12.2 Å². The maximum absolute atomic E-state index is 12.1. The van der Waals surface area contributed by atoms with Crippen molar-refractivity contribution in [3.8, 4) is 0 Å². The van der Waals surface area contributed by atoms with E-state index in [1.807, 2.05) is 44.2 Å². The molecule has 0 aliphatic heterocycles. The van der Waals surface area contributed by atoms with Crippen LogP contribution in [0, 0.1) is 11.8 Å². The van der Waals surface area contributed by atoms with Gasteiger partial charge in [0.15, 0.2) is 5.78 Å². The molecule has 0 bridgehead atoms. The van der Waals surface area contributed by atoms with Gasteiger partial charge < -0.3 is 9.84 Å². The number of ketones is 1. The fraction of sp³-hybridized carbons (Fsp3) is 0.652. The van der Waals surface area contributed by atoms with Crippen molar-refractivity contribution in [2.45, 2.75) is 84.3 Å². The smallest absolute Gasteiger partial charge is 0.306 e. The Balaban J connectivity index is 2.33. The lowest BCUT2D eigenvalue weighted by Crippen LogP contribution is -2.14. The van der Waals surface area contributed by atoms with Crippen LogP contribution >= 0.6 is 0 Å². The van der Waals surface area contributed by atoms with Crippen LogP contribution in [0.1, 0.15) is 72.1 Å². The van der Waals surface area contributed by atoms with Crippen molar-refractivity contribution in [3.05, 3.63) is 36.5 Å². The van der Waals surface area contributed by atoms with Crippen LogP contribution in [0.3, 0.4) is 0 Å². The fourth-order valence-corrected chi connectivity index (χ4v) is 3.13. The summed E-state index contributed by atoms with van der Waals surface area (Å²) in [5.41, 5.74) is 0. The number of hydrogen-bond donors (Lipinski definition) is 1. The van der Waals surface area contributed by atoms with Gasteiger partial charge in [-0.05, 0) is 45.6 Å². The standard InChI is InChI=1S/C23H36O4/c1-4-5-8-11-20(24)16-14-19-15-17-22(25)21(19)12-9-6-7-10-13-23(26)27-18(2)3/h6,9,14-21,24H,4-5,7-8,10-13H2,1-3H3/b9-6-,16-14+/t19-,20-,21+/m0/s1. The first-order chi connectivity index (χ1) is 12.9. The van der Waals surface area contributed by atoms with Crippen molar-refractivity contribution in [3.63, 3.8) is 0 Å². The average molecular weight is 377 g/mol. The minimum atomic E-state index is -0.428. The summed E-state index contributed by atoms with van der Waals surface area (Å²) in [6, 6.07) is 0. The number of allylic oxidation sites excluding steroid dienone is 5.